The Morgan fingerprint density at radius 1 is 1.00 bits per heavy atom. The van der Waals surface area contributed by atoms with Gasteiger partial charge in [-0.3, -0.25) is 20.4 Å². The minimum atomic E-state index is -0.462. The second kappa shape index (κ2) is 9.27. The molecule has 2 amide bonds. The average Bonchev–Trinajstić information content (AvgIpc) is 2.64. The normalized spacial score (nSPS) is 10.4. The van der Waals surface area contributed by atoms with E-state index in [1.807, 2.05) is 50.2 Å². The Balaban J connectivity index is 1.81. The van der Waals surface area contributed by atoms with Crippen molar-refractivity contribution in [1.82, 2.24) is 10.9 Å². The highest BCUT2D eigenvalue weighted by atomic mass is 16.5. The van der Waals surface area contributed by atoms with E-state index in [4.69, 9.17) is 9.47 Å². The number of nitrogens with one attached hydrogen (secondary N) is 2. The van der Waals surface area contributed by atoms with Crippen LogP contribution in [0.4, 0.5) is 0 Å². The van der Waals surface area contributed by atoms with E-state index in [2.05, 4.69) is 10.9 Å². The number of carbonyl (C=O) groups excluding carboxylic acids is 2. The molecule has 0 aliphatic heterocycles. The summed E-state index contributed by atoms with van der Waals surface area (Å²) in [6, 6.07) is 13.0. The molecule has 2 aromatic carbocycles. The quantitative estimate of drug-likeness (QED) is 0.617. The van der Waals surface area contributed by atoms with Gasteiger partial charge in [0, 0.05) is 11.6 Å². The molecule has 0 spiro atoms. The third-order valence-electron chi connectivity index (χ3n) is 3.63. The molecule has 0 atom stereocenters. The molecule has 6 heteroatoms. The average molecular weight is 354 g/mol. The van der Waals surface area contributed by atoms with E-state index in [0.29, 0.717) is 11.5 Å². The summed E-state index contributed by atoms with van der Waals surface area (Å²) in [5.74, 6) is 0.413. The zero-order valence-electron chi connectivity index (χ0n) is 15.0. The minimum absolute atomic E-state index is 0.192. The summed E-state index contributed by atoms with van der Waals surface area (Å²) in [5, 5.41) is 0. The number of hydrazine groups is 1. The topological polar surface area (TPSA) is 76.7 Å². The molecule has 0 aliphatic rings. The van der Waals surface area contributed by atoms with Crippen LogP contribution in [0.15, 0.2) is 48.5 Å². The first kappa shape index (κ1) is 19.1. The molecule has 0 heterocycles. The van der Waals surface area contributed by atoms with Crippen LogP contribution in [-0.4, -0.2) is 25.5 Å². The summed E-state index contributed by atoms with van der Waals surface area (Å²) in [6.45, 7) is 3.62. The first-order valence-electron chi connectivity index (χ1n) is 8.10. The van der Waals surface area contributed by atoms with Crippen molar-refractivity contribution in [3.05, 3.63) is 65.2 Å². The molecule has 0 unspecified atom stereocenters. The molecule has 6 nitrogen and oxygen atoms in total. The van der Waals surface area contributed by atoms with Crippen molar-refractivity contribution in [3.8, 4) is 11.5 Å². The number of rotatable bonds is 6. The molecule has 0 saturated carbocycles. The van der Waals surface area contributed by atoms with Crippen molar-refractivity contribution in [2.24, 2.45) is 0 Å². The molecular formula is C20H22N2O4. The molecule has 2 N–H and O–H groups in total. The van der Waals surface area contributed by atoms with E-state index < -0.39 is 11.8 Å². The van der Waals surface area contributed by atoms with Gasteiger partial charge >= 0.3 is 0 Å². The second-order valence-electron chi connectivity index (χ2n) is 5.62. The third-order valence-corrected chi connectivity index (χ3v) is 3.63. The van der Waals surface area contributed by atoms with Crippen molar-refractivity contribution in [2.45, 2.75) is 13.8 Å². The number of para-hydroxylation sites is 2. The summed E-state index contributed by atoms with van der Waals surface area (Å²) >= 11 is 0. The Morgan fingerprint density at radius 3 is 2.38 bits per heavy atom. The maximum absolute atomic E-state index is 11.8. The summed E-state index contributed by atoms with van der Waals surface area (Å²) < 4.78 is 10.7. The summed E-state index contributed by atoms with van der Waals surface area (Å²) in [6.07, 6.45) is 2.91. The van der Waals surface area contributed by atoms with Crippen LogP contribution in [0.1, 0.15) is 16.7 Å². The van der Waals surface area contributed by atoms with E-state index in [0.717, 1.165) is 16.7 Å². The SMILES string of the molecule is COc1ccccc1/C=C/C(=O)NNC(=O)COc1c(C)cccc1C. The molecule has 2 aromatic rings. The monoisotopic (exact) mass is 354 g/mol. The predicted molar refractivity (Wildman–Crippen MR) is 99.7 cm³/mol. The number of ether oxygens (including phenoxy) is 2. The van der Waals surface area contributed by atoms with Gasteiger partial charge in [-0.15, -0.1) is 0 Å². The van der Waals surface area contributed by atoms with Gasteiger partial charge in [-0.2, -0.15) is 0 Å². The maximum atomic E-state index is 11.8. The fourth-order valence-electron chi connectivity index (χ4n) is 2.34. The standard InChI is InChI=1S/C20H22N2O4/c1-14-7-6-8-15(2)20(14)26-13-19(24)22-21-18(23)12-11-16-9-4-5-10-17(16)25-3/h4-12H,13H2,1-3H3,(H,21,23)(H,22,24)/b12-11+. The van der Waals surface area contributed by atoms with Crippen molar-refractivity contribution in [1.29, 1.82) is 0 Å². The van der Waals surface area contributed by atoms with Gasteiger partial charge in [-0.25, -0.2) is 0 Å². The Hall–Kier alpha value is -3.28. The largest absolute Gasteiger partial charge is 0.496 e. The van der Waals surface area contributed by atoms with E-state index in [9.17, 15) is 9.59 Å². The van der Waals surface area contributed by atoms with Crippen molar-refractivity contribution < 1.29 is 19.1 Å². The lowest BCUT2D eigenvalue weighted by Gasteiger charge is -2.12. The fourth-order valence-corrected chi connectivity index (χ4v) is 2.34. The van der Waals surface area contributed by atoms with Crippen LogP contribution in [0.3, 0.4) is 0 Å². The number of hydrogen-bond acceptors (Lipinski definition) is 4. The molecule has 0 bridgehead atoms. The third kappa shape index (κ3) is 5.37. The van der Waals surface area contributed by atoms with Gasteiger partial charge in [-0.1, -0.05) is 36.4 Å². The fraction of sp³-hybridized carbons (Fsp3) is 0.200. The minimum Gasteiger partial charge on any atom is -0.496 e. The molecule has 136 valence electrons. The van der Waals surface area contributed by atoms with Gasteiger partial charge in [0.15, 0.2) is 6.61 Å². The number of amides is 2. The van der Waals surface area contributed by atoms with Crippen LogP contribution in [-0.2, 0) is 9.59 Å². The van der Waals surface area contributed by atoms with Gasteiger partial charge in [-0.05, 0) is 37.1 Å². The van der Waals surface area contributed by atoms with Crippen molar-refractivity contribution >= 4 is 17.9 Å². The number of benzene rings is 2. The highest BCUT2D eigenvalue weighted by molar-refractivity contribution is 5.93. The summed E-state index contributed by atoms with van der Waals surface area (Å²) in [5.41, 5.74) is 7.27. The van der Waals surface area contributed by atoms with E-state index >= 15 is 0 Å². The van der Waals surface area contributed by atoms with E-state index in [-0.39, 0.29) is 6.61 Å². The van der Waals surface area contributed by atoms with Gasteiger partial charge in [0.05, 0.1) is 7.11 Å². The number of hydrogen-bond donors (Lipinski definition) is 2. The summed E-state index contributed by atoms with van der Waals surface area (Å²) in [4.78, 5) is 23.6. The molecule has 0 aliphatic carbocycles. The molecular weight excluding hydrogens is 332 g/mol. The molecule has 0 saturated heterocycles. The second-order valence-corrected chi connectivity index (χ2v) is 5.62. The number of aryl methyl sites for hydroxylation is 2. The van der Waals surface area contributed by atoms with E-state index in [1.165, 1.54) is 6.08 Å². The number of methoxy groups -OCH3 is 1. The highest BCUT2D eigenvalue weighted by Crippen LogP contribution is 2.22. The van der Waals surface area contributed by atoms with Crippen LogP contribution in [0.25, 0.3) is 6.08 Å². The number of carbonyl (C=O) groups is 2. The molecule has 0 fully saturated rings. The van der Waals surface area contributed by atoms with Crippen LogP contribution in [0, 0.1) is 13.8 Å². The molecule has 2 rings (SSSR count). The first-order chi connectivity index (χ1) is 12.5. The van der Waals surface area contributed by atoms with Crippen LogP contribution < -0.4 is 20.3 Å². The molecule has 0 aromatic heterocycles. The van der Waals surface area contributed by atoms with Crippen LogP contribution in [0.2, 0.25) is 0 Å². The zero-order chi connectivity index (χ0) is 18.9. The predicted octanol–water partition coefficient (Wildman–Crippen LogP) is 2.55. The lowest BCUT2D eigenvalue weighted by molar-refractivity contribution is -0.128. The zero-order valence-corrected chi connectivity index (χ0v) is 15.0. The Labute approximate surface area is 152 Å². The maximum Gasteiger partial charge on any atom is 0.276 e. The van der Waals surface area contributed by atoms with Gasteiger partial charge in [0.2, 0.25) is 0 Å². The Morgan fingerprint density at radius 2 is 1.69 bits per heavy atom. The van der Waals surface area contributed by atoms with Crippen LogP contribution >= 0.6 is 0 Å². The lowest BCUT2D eigenvalue weighted by atomic mass is 10.1. The van der Waals surface area contributed by atoms with Crippen LogP contribution in [0.5, 0.6) is 11.5 Å². The first-order valence-corrected chi connectivity index (χ1v) is 8.10. The molecule has 26 heavy (non-hydrogen) atoms. The molecule has 0 radical (unpaired) electrons. The smallest absolute Gasteiger partial charge is 0.276 e. The van der Waals surface area contributed by atoms with E-state index in [1.54, 1.807) is 19.3 Å². The van der Waals surface area contributed by atoms with Gasteiger partial charge in [0.1, 0.15) is 11.5 Å². The Kier molecular flexibility index (Phi) is 6.79. The van der Waals surface area contributed by atoms with Crippen molar-refractivity contribution in [3.63, 3.8) is 0 Å². The van der Waals surface area contributed by atoms with Crippen molar-refractivity contribution in [2.75, 3.05) is 13.7 Å². The Bertz CT molecular complexity index is 795. The summed E-state index contributed by atoms with van der Waals surface area (Å²) in [7, 11) is 1.56. The van der Waals surface area contributed by atoms with Gasteiger partial charge in [0.25, 0.3) is 11.8 Å². The van der Waals surface area contributed by atoms with Gasteiger partial charge < -0.3 is 9.47 Å². The highest BCUT2D eigenvalue weighted by Gasteiger charge is 2.07. The lowest BCUT2D eigenvalue weighted by Crippen LogP contribution is -2.43.